The van der Waals surface area contributed by atoms with Crippen LogP contribution in [-0.2, 0) is 11.8 Å². The molecule has 0 aromatic heterocycles. The summed E-state index contributed by atoms with van der Waals surface area (Å²) in [6, 6.07) is 5.71. The van der Waals surface area contributed by atoms with Crippen LogP contribution in [0.5, 0.6) is 0 Å². The van der Waals surface area contributed by atoms with Crippen LogP contribution in [0.2, 0.25) is 0 Å². The van der Waals surface area contributed by atoms with Gasteiger partial charge in [-0.05, 0) is 46.7 Å². The van der Waals surface area contributed by atoms with E-state index in [1.54, 1.807) is 6.07 Å². The van der Waals surface area contributed by atoms with Gasteiger partial charge in [-0.25, -0.2) is 0 Å². The van der Waals surface area contributed by atoms with E-state index in [1.165, 1.54) is 11.1 Å². The van der Waals surface area contributed by atoms with Crippen molar-refractivity contribution in [1.29, 1.82) is 0 Å². The second kappa shape index (κ2) is 4.36. The molecule has 0 aliphatic carbocycles. The number of halogens is 1. The molecule has 0 saturated heterocycles. The first-order valence-electron chi connectivity index (χ1n) is 5.19. The Morgan fingerprint density at radius 3 is 2.33 bits per heavy atom. The maximum absolute atomic E-state index is 11.0. The second-order valence-electron chi connectivity index (χ2n) is 4.75. The lowest BCUT2D eigenvalue weighted by atomic mass is 9.82. The number of carbonyl (C=O) groups excluding carboxylic acids is 1. The van der Waals surface area contributed by atoms with Gasteiger partial charge in [-0.3, -0.25) is 4.79 Å². The Hall–Kier alpha value is -0.820. The number of aryl methyl sites for hydroxylation is 1. The predicted molar refractivity (Wildman–Crippen MR) is 64.7 cm³/mol. The van der Waals surface area contributed by atoms with Crippen molar-refractivity contribution in [1.82, 2.24) is 0 Å². The molecule has 0 fully saturated rings. The third-order valence-electron chi connectivity index (χ3n) is 2.52. The van der Waals surface area contributed by atoms with Crippen molar-refractivity contribution in [2.45, 2.75) is 39.5 Å². The highest BCUT2D eigenvalue weighted by atomic mass is 35.5. The normalized spacial score (nSPS) is 11.5. The smallest absolute Gasteiger partial charge is 0.252 e. The molecule has 1 aromatic rings. The zero-order chi connectivity index (χ0) is 11.6. The monoisotopic (exact) mass is 224 g/mol. The number of hydrogen-bond acceptors (Lipinski definition) is 1. The van der Waals surface area contributed by atoms with E-state index in [1.807, 2.05) is 12.1 Å². The maximum atomic E-state index is 11.0. The summed E-state index contributed by atoms with van der Waals surface area (Å²) < 4.78 is 0. The van der Waals surface area contributed by atoms with Gasteiger partial charge in [0.1, 0.15) is 0 Å². The van der Waals surface area contributed by atoms with Crippen LogP contribution >= 0.6 is 11.6 Å². The van der Waals surface area contributed by atoms with E-state index in [0.29, 0.717) is 5.56 Å². The van der Waals surface area contributed by atoms with Crippen LogP contribution < -0.4 is 0 Å². The average Bonchev–Trinajstić information content (AvgIpc) is 2.15. The summed E-state index contributed by atoms with van der Waals surface area (Å²) in [4.78, 5) is 11.0. The molecule has 0 radical (unpaired) electrons. The minimum absolute atomic E-state index is 0.110. The minimum atomic E-state index is -0.384. The van der Waals surface area contributed by atoms with Crippen LogP contribution in [0.25, 0.3) is 0 Å². The Morgan fingerprint density at radius 1 is 1.33 bits per heavy atom. The average molecular weight is 225 g/mol. The van der Waals surface area contributed by atoms with Crippen molar-refractivity contribution in [2.24, 2.45) is 0 Å². The summed E-state index contributed by atoms with van der Waals surface area (Å²) in [5.41, 5.74) is 3.18. The predicted octanol–water partition coefficient (Wildman–Crippen LogP) is 3.93. The molecule has 1 aromatic carbocycles. The van der Waals surface area contributed by atoms with Crippen LogP contribution in [0.15, 0.2) is 18.2 Å². The molecule has 1 nitrogen and oxygen atoms in total. The minimum Gasteiger partial charge on any atom is -0.276 e. The molecule has 0 aliphatic rings. The van der Waals surface area contributed by atoms with E-state index in [0.717, 1.165) is 6.42 Å². The Kier molecular flexibility index (Phi) is 3.56. The van der Waals surface area contributed by atoms with Crippen molar-refractivity contribution < 1.29 is 4.79 Å². The van der Waals surface area contributed by atoms with Gasteiger partial charge in [0.15, 0.2) is 0 Å². The van der Waals surface area contributed by atoms with Gasteiger partial charge >= 0.3 is 0 Å². The van der Waals surface area contributed by atoms with Gasteiger partial charge in [0, 0.05) is 5.56 Å². The van der Waals surface area contributed by atoms with Gasteiger partial charge in [-0.1, -0.05) is 33.8 Å². The highest BCUT2D eigenvalue weighted by Crippen LogP contribution is 2.27. The lowest BCUT2D eigenvalue weighted by molar-refractivity contribution is 0.108. The molecular weight excluding hydrogens is 208 g/mol. The number of hydrogen-bond donors (Lipinski definition) is 0. The fourth-order valence-electron chi connectivity index (χ4n) is 1.74. The molecule has 0 aliphatic heterocycles. The quantitative estimate of drug-likeness (QED) is 0.696. The zero-order valence-electron chi connectivity index (χ0n) is 9.73. The standard InChI is InChI=1S/C13H17ClO/c1-5-9-8-10(12(14)15)6-7-11(9)13(2,3)4/h6-8H,5H2,1-4H3. The molecule has 0 bridgehead atoms. The summed E-state index contributed by atoms with van der Waals surface area (Å²) in [5, 5.41) is -0.384. The van der Waals surface area contributed by atoms with Crippen molar-refractivity contribution >= 4 is 16.8 Å². The largest absolute Gasteiger partial charge is 0.276 e. The molecule has 0 amide bonds. The third kappa shape index (κ3) is 2.82. The molecular formula is C13H17ClO. The molecule has 82 valence electrons. The van der Waals surface area contributed by atoms with Crippen LogP contribution in [-0.4, -0.2) is 5.24 Å². The first kappa shape index (κ1) is 12.3. The van der Waals surface area contributed by atoms with E-state index >= 15 is 0 Å². The van der Waals surface area contributed by atoms with Crippen molar-refractivity contribution in [3.05, 3.63) is 34.9 Å². The van der Waals surface area contributed by atoms with Crippen molar-refractivity contribution in [2.75, 3.05) is 0 Å². The molecule has 0 atom stereocenters. The number of carbonyl (C=O) groups is 1. The van der Waals surface area contributed by atoms with Crippen molar-refractivity contribution in [3.63, 3.8) is 0 Å². The number of rotatable bonds is 2. The highest BCUT2D eigenvalue weighted by molar-refractivity contribution is 6.67. The third-order valence-corrected chi connectivity index (χ3v) is 2.74. The SMILES string of the molecule is CCc1cc(C(=O)Cl)ccc1C(C)(C)C. The van der Waals surface area contributed by atoms with Crippen molar-refractivity contribution in [3.8, 4) is 0 Å². The second-order valence-corrected chi connectivity index (χ2v) is 5.09. The van der Waals surface area contributed by atoms with Gasteiger partial charge in [-0.15, -0.1) is 0 Å². The van der Waals surface area contributed by atoms with Crippen LogP contribution in [0.4, 0.5) is 0 Å². The molecule has 0 heterocycles. The van der Waals surface area contributed by atoms with E-state index in [4.69, 9.17) is 11.6 Å². The van der Waals surface area contributed by atoms with Crippen LogP contribution in [0, 0.1) is 0 Å². The maximum Gasteiger partial charge on any atom is 0.252 e. The molecule has 0 N–H and O–H groups in total. The Balaban J connectivity index is 3.27. The van der Waals surface area contributed by atoms with Gasteiger partial charge in [-0.2, -0.15) is 0 Å². The van der Waals surface area contributed by atoms with Gasteiger partial charge in [0.2, 0.25) is 0 Å². The Labute approximate surface area is 96.5 Å². The lowest BCUT2D eigenvalue weighted by Crippen LogP contribution is -2.14. The molecule has 0 saturated carbocycles. The van der Waals surface area contributed by atoms with E-state index < -0.39 is 0 Å². The number of benzene rings is 1. The first-order chi connectivity index (χ1) is 6.86. The van der Waals surface area contributed by atoms with E-state index in [-0.39, 0.29) is 10.7 Å². The molecule has 15 heavy (non-hydrogen) atoms. The molecule has 2 heteroatoms. The fraction of sp³-hybridized carbons (Fsp3) is 0.462. The Morgan fingerprint density at radius 2 is 1.93 bits per heavy atom. The highest BCUT2D eigenvalue weighted by Gasteiger charge is 2.18. The zero-order valence-corrected chi connectivity index (χ0v) is 10.5. The van der Waals surface area contributed by atoms with E-state index in [9.17, 15) is 4.79 Å². The van der Waals surface area contributed by atoms with Gasteiger partial charge < -0.3 is 0 Å². The van der Waals surface area contributed by atoms with Gasteiger partial charge in [0.05, 0.1) is 0 Å². The molecule has 0 unspecified atom stereocenters. The summed E-state index contributed by atoms with van der Waals surface area (Å²) in [6.07, 6.45) is 0.921. The summed E-state index contributed by atoms with van der Waals surface area (Å²) >= 11 is 5.46. The summed E-state index contributed by atoms with van der Waals surface area (Å²) in [5.74, 6) is 0. The lowest BCUT2D eigenvalue weighted by Gasteiger charge is -2.22. The van der Waals surface area contributed by atoms with Crippen LogP contribution in [0.1, 0.15) is 49.2 Å². The summed E-state index contributed by atoms with van der Waals surface area (Å²) in [7, 11) is 0. The van der Waals surface area contributed by atoms with Crippen LogP contribution in [0.3, 0.4) is 0 Å². The topological polar surface area (TPSA) is 17.1 Å². The Bertz CT molecular complexity index is 375. The van der Waals surface area contributed by atoms with E-state index in [2.05, 4.69) is 27.7 Å². The van der Waals surface area contributed by atoms with Gasteiger partial charge in [0.25, 0.3) is 5.24 Å². The first-order valence-corrected chi connectivity index (χ1v) is 5.57. The summed E-state index contributed by atoms with van der Waals surface area (Å²) in [6.45, 7) is 8.60. The molecule has 1 rings (SSSR count). The fourth-order valence-corrected chi connectivity index (χ4v) is 1.86. The molecule has 0 spiro atoms.